The zero-order valence-corrected chi connectivity index (χ0v) is 24.6. The minimum Gasteiger partial charge on any atom is -0.493 e. The van der Waals surface area contributed by atoms with Gasteiger partial charge in [-0.2, -0.15) is 0 Å². The highest BCUT2D eigenvalue weighted by molar-refractivity contribution is 5.82. The molecule has 41 heavy (non-hydrogen) atoms. The van der Waals surface area contributed by atoms with E-state index < -0.39 is 0 Å². The van der Waals surface area contributed by atoms with Gasteiger partial charge in [0.2, 0.25) is 0 Å². The molecule has 2 atom stereocenters. The standard InChI is InChI=1S/C31H40N6O4/c1-6-26(30-33-34-35-37(30)19-25-8-7-13-41-25)36(12-11-22-9-10-27(39-4)28(16-22)40-5)18-24-17-23-15-20(2)14-21(3)29(23)32-31(24)38/h9-10,14-17,25-26H,6-8,11-13,18-19H2,1-5H3,(H,32,38). The second-order valence-corrected chi connectivity index (χ2v) is 10.9. The molecular formula is C31H40N6O4. The monoisotopic (exact) mass is 560 g/mol. The van der Waals surface area contributed by atoms with Gasteiger partial charge in [0.05, 0.1) is 38.4 Å². The Balaban J connectivity index is 1.48. The van der Waals surface area contributed by atoms with Crippen molar-refractivity contribution in [3.05, 3.63) is 74.8 Å². The summed E-state index contributed by atoms with van der Waals surface area (Å²) in [4.78, 5) is 18.8. The van der Waals surface area contributed by atoms with Crippen LogP contribution in [0.25, 0.3) is 10.9 Å². The van der Waals surface area contributed by atoms with Crippen molar-refractivity contribution in [3.8, 4) is 11.5 Å². The van der Waals surface area contributed by atoms with Gasteiger partial charge in [-0.3, -0.25) is 9.69 Å². The molecule has 1 N–H and O–H groups in total. The molecule has 2 aromatic carbocycles. The molecule has 10 nitrogen and oxygen atoms in total. The third-order valence-electron chi connectivity index (χ3n) is 7.97. The Morgan fingerprint density at radius 1 is 1.15 bits per heavy atom. The summed E-state index contributed by atoms with van der Waals surface area (Å²) in [7, 11) is 3.28. The molecule has 2 unspecified atom stereocenters. The highest BCUT2D eigenvalue weighted by atomic mass is 16.5. The van der Waals surface area contributed by atoms with Crippen LogP contribution in [0.5, 0.6) is 11.5 Å². The van der Waals surface area contributed by atoms with Crippen molar-refractivity contribution >= 4 is 10.9 Å². The topological polar surface area (TPSA) is 107 Å². The fourth-order valence-electron chi connectivity index (χ4n) is 5.89. The van der Waals surface area contributed by atoms with E-state index in [-0.39, 0.29) is 17.7 Å². The maximum atomic E-state index is 13.4. The third-order valence-corrected chi connectivity index (χ3v) is 7.97. The molecule has 1 aliphatic rings. The number of methoxy groups -OCH3 is 2. The van der Waals surface area contributed by atoms with Crippen LogP contribution in [0.15, 0.2) is 41.2 Å². The number of aromatic amines is 1. The minimum atomic E-state index is -0.0964. The van der Waals surface area contributed by atoms with E-state index >= 15 is 0 Å². The maximum Gasteiger partial charge on any atom is 0.252 e. The second-order valence-electron chi connectivity index (χ2n) is 10.9. The summed E-state index contributed by atoms with van der Waals surface area (Å²) in [5, 5.41) is 13.9. The number of H-pyrrole nitrogens is 1. The smallest absolute Gasteiger partial charge is 0.252 e. The van der Waals surface area contributed by atoms with Crippen LogP contribution in [0.1, 0.15) is 60.3 Å². The van der Waals surface area contributed by atoms with Gasteiger partial charge < -0.3 is 19.2 Å². The zero-order chi connectivity index (χ0) is 28.9. The van der Waals surface area contributed by atoms with Crippen molar-refractivity contribution in [1.29, 1.82) is 0 Å². The number of hydrogen-bond acceptors (Lipinski definition) is 8. The summed E-state index contributed by atoms with van der Waals surface area (Å²) < 4.78 is 18.7. The van der Waals surface area contributed by atoms with Crippen LogP contribution >= 0.6 is 0 Å². The van der Waals surface area contributed by atoms with Gasteiger partial charge in [0.25, 0.3) is 5.56 Å². The van der Waals surface area contributed by atoms with Crippen LogP contribution in [0.3, 0.4) is 0 Å². The summed E-state index contributed by atoms with van der Waals surface area (Å²) in [6, 6.07) is 12.1. The van der Waals surface area contributed by atoms with Gasteiger partial charge in [-0.25, -0.2) is 4.68 Å². The van der Waals surface area contributed by atoms with E-state index in [0.717, 1.165) is 65.7 Å². The Morgan fingerprint density at radius 2 is 1.98 bits per heavy atom. The van der Waals surface area contributed by atoms with Crippen molar-refractivity contribution < 1.29 is 14.2 Å². The molecular weight excluding hydrogens is 520 g/mol. The number of benzene rings is 2. The van der Waals surface area contributed by atoms with Crippen molar-refractivity contribution in [1.82, 2.24) is 30.1 Å². The molecule has 0 saturated carbocycles. The first-order valence-corrected chi connectivity index (χ1v) is 14.4. The third kappa shape index (κ3) is 6.44. The van der Waals surface area contributed by atoms with Crippen LogP contribution in [0.2, 0.25) is 0 Å². The molecule has 0 amide bonds. The zero-order valence-electron chi connectivity index (χ0n) is 24.6. The average molecular weight is 561 g/mol. The van der Waals surface area contributed by atoms with Crippen LogP contribution < -0.4 is 15.0 Å². The Kier molecular flexibility index (Phi) is 8.99. The molecule has 0 bridgehead atoms. The Hall–Kier alpha value is -3.76. The summed E-state index contributed by atoms with van der Waals surface area (Å²) in [5.74, 6) is 2.18. The van der Waals surface area contributed by atoms with E-state index in [9.17, 15) is 4.79 Å². The number of rotatable bonds is 12. The molecule has 1 saturated heterocycles. The van der Waals surface area contributed by atoms with Crippen LogP contribution in [0, 0.1) is 13.8 Å². The molecule has 0 spiro atoms. The van der Waals surface area contributed by atoms with E-state index in [1.54, 1.807) is 14.2 Å². The maximum absolute atomic E-state index is 13.4. The first-order chi connectivity index (χ1) is 19.9. The number of ether oxygens (including phenoxy) is 3. The predicted octanol–water partition coefficient (Wildman–Crippen LogP) is 4.52. The fourth-order valence-corrected chi connectivity index (χ4v) is 5.89. The molecule has 10 heteroatoms. The van der Waals surface area contributed by atoms with Crippen LogP contribution in [-0.4, -0.2) is 63.6 Å². The minimum absolute atomic E-state index is 0.0747. The molecule has 218 valence electrons. The van der Waals surface area contributed by atoms with Crippen LogP contribution in [-0.2, 0) is 24.2 Å². The van der Waals surface area contributed by atoms with E-state index in [4.69, 9.17) is 14.2 Å². The number of aromatic nitrogens is 5. The lowest BCUT2D eigenvalue weighted by atomic mass is 10.0. The predicted molar refractivity (Wildman–Crippen MR) is 158 cm³/mol. The number of nitrogens with one attached hydrogen (secondary N) is 1. The molecule has 4 aromatic rings. The number of nitrogens with zero attached hydrogens (tertiary/aromatic N) is 5. The average Bonchev–Trinajstić information content (AvgIpc) is 3.65. The number of pyridine rings is 1. The fraction of sp³-hybridized carbons (Fsp3) is 0.484. The van der Waals surface area contributed by atoms with Gasteiger partial charge in [-0.05, 0) is 90.7 Å². The Bertz CT molecular complexity index is 1540. The lowest BCUT2D eigenvalue weighted by Crippen LogP contribution is -2.34. The van der Waals surface area contributed by atoms with E-state index in [0.29, 0.717) is 36.7 Å². The molecule has 5 rings (SSSR count). The number of hydrogen-bond donors (Lipinski definition) is 1. The molecule has 1 aliphatic heterocycles. The van der Waals surface area contributed by atoms with Crippen molar-refractivity contribution in [3.63, 3.8) is 0 Å². The van der Waals surface area contributed by atoms with Crippen LogP contribution in [0.4, 0.5) is 0 Å². The number of aryl methyl sites for hydroxylation is 2. The van der Waals surface area contributed by atoms with Gasteiger partial charge in [-0.1, -0.05) is 24.6 Å². The first-order valence-electron chi connectivity index (χ1n) is 14.4. The molecule has 0 aliphatic carbocycles. The van der Waals surface area contributed by atoms with Gasteiger partial charge in [-0.15, -0.1) is 5.10 Å². The summed E-state index contributed by atoms with van der Waals surface area (Å²) in [5.41, 5.74) is 4.86. The van der Waals surface area contributed by atoms with E-state index in [1.807, 2.05) is 29.8 Å². The van der Waals surface area contributed by atoms with Gasteiger partial charge in [0, 0.05) is 25.3 Å². The second kappa shape index (κ2) is 12.8. The van der Waals surface area contributed by atoms with Gasteiger partial charge >= 0.3 is 0 Å². The normalized spacial score (nSPS) is 16.0. The van der Waals surface area contributed by atoms with Crippen molar-refractivity contribution in [2.75, 3.05) is 27.4 Å². The summed E-state index contributed by atoms with van der Waals surface area (Å²) >= 11 is 0. The lowest BCUT2D eigenvalue weighted by molar-refractivity contribution is 0.0893. The molecule has 1 fully saturated rings. The van der Waals surface area contributed by atoms with E-state index in [2.05, 4.69) is 57.5 Å². The lowest BCUT2D eigenvalue weighted by Gasteiger charge is -2.30. The highest BCUT2D eigenvalue weighted by Gasteiger charge is 2.28. The SMILES string of the molecule is CCC(c1nnnn1CC1CCCO1)N(CCc1ccc(OC)c(OC)c1)Cc1cc2cc(C)cc(C)c2[nH]c1=O. The van der Waals surface area contributed by atoms with Crippen molar-refractivity contribution in [2.45, 2.75) is 71.7 Å². The molecule has 3 heterocycles. The Labute approximate surface area is 240 Å². The van der Waals surface area contributed by atoms with Gasteiger partial charge in [0.1, 0.15) is 0 Å². The largest absolute Gasteiger partial charge is 0.493 e. The first kappa shape index (κ1) is 28.8. The highest BCUT2D eigenvalue weighted by Crippen LogP contribution is 2.30. The number of tetrazole rings is 1. The summed E-state index contributed by atoms with van der Waals surface area (Å²) in [6.07, 6.45) is 3.70. The quantitative estimate of drug-likeness (QED) is 0.270. The number of fused-ring (bicyclic) bond motifs is 1. The van der Waals surface area contributed by atoms with E-state index in [1.165, 1.54) is 0 Å². The summed E-state index contributed by atoms with van der Waals surface area (Å²) in [6.45, 7) is 8.78. The van der Waals surface area contributed by atoms with Gasteiger partial charge in [0.15, 0.2) is 17.3 Å². The molecule has 0 radical (unpaired) electrons. The Morgan fingerprint density at radius 3 is 2.71 bits per heavy atom. The molecule has 2 aromatic heterocycles. The van der Waals surface area contributed by atoms with Crippen molar-refractivity contribution in [2.24, 2.45) is 0 Å².